The minimum atomic E-state index is -1.25. The van der Waals surface area contributed by atoms with Gasteiger partial charge in [0, 0.05) is 20.4 Å². The van der Waals surface area contributed by atoms with Gasteiger partial charge in [-0.1, -0.05) is 60.7 Å². The van der Waals surface area contributed by atoms with Crippen molar-refractivity contribution in [1.82, 2.24) is 0 Å². The predicted octanol–water partition coefficient (Wildman–Crippen LogP) is 4.57. The molecule has 0 spiro atoms. The number of carbonyl (C=O) groups is 1. The van der Waals surface area contributed by atoms with Gasteiger partial charge in [0.05, 0.1) is 0 Å². The fourth-order valence-corrected chi connectivity index (χ4v) is 1.64. The van der Waals surface area contributed by atoms with E-state index in [1.807, 2.05) is 0 Å². The van der Waals surface area contributed by atoms with Crippen LogP contribution < -0.4 is 0 Å². The van der Waals surface area contributed by atoms with E-state index in [-0.39, 0.29) is 20.4 Å². The van der Waals surface area contributed by atoms with Crippen LogP contribution >= 0.6 is 0 Å². The molecule has 0 aliphatic rings. The van der Waals surface area contributed by atoms with Crippen molar-refractivity contribution in [3.8, 4) is 0 Å². The number of halogens is 2. The maximum atomic E-state index is 13.7. The topological polar surface area (TPSA) is 17.1 Å². The molecule has 0 saturated carbocycles. The number of ketones is 1. The molecule has 0 fully saturated rings. The molecule has 2 aromatic carbocycles. The maximum Gasteiger partial charge on any atom is 0.249 e. The molecule has 0 N–H and O–H groups in total. The van der Waals surface area contributed by atoms with Crippen LogP contribution in [-0.4, -0.2) is 5.78 Å². The van der Waals surface area contributed by atoms with Gasteiger partial charge in [-0.3, -0.25) is 4.79 Å². The maximum absolute atomic E-state index is 13.7. The van der Waals surface area contributed by atoms with Crippen LogP contribution in [0.1, 0.15) is 11.1 Å². The summed E-state index contributed by atoms with van der Waals surface area (Å²) in [5, 5.41) is 0. The van der Waals surface area contributed by atoms with Gasteiger partial charge >= 0.3 is 0 Å². The SMILES string of the molecule is O=C(C(F)=Cc1ccccc1)C(F)=Cc1ccccc1.[Pd]. The molecule has 2 rings (SSSR count). The van der Waals surface area contributed by atoms with Crippen molar-refractivity contribution in [2.45, 2.75) is 0 Å². The molecule has 0 aromatic heterocycles. The molecule has 21 heavy (non-hydrogen) atoms. The van der Waals surface area contributed by atoms with Gasteiger partial charge in [0.1, 0.15) is 0 Å². The van der Waals surface area contributed by atoms with Crippen LogP contribution in [0.3, 0.4) is 0 Å². The molecule has 0 atom stereocenters. The fraction of sp³-hybridized carbons (Fsp3) is 0. The van der Waals surface area contributed by atoms with Gasteiger partial charge in [-0.15, -0.1) is 0 Å². The van der Waals surface area contributed by atoms with Gasteiger partial charge in [0.15, 0.2) is 11.7 Å². The van der Waals surface area contributed by atoms with E-state index < -0.39 is 17.4 Å². The Balaban J connectivity index is 0.00000220. The molecular weight excluding hydrogens is 365 g/mol. The Morgan fingerprint density at radius 2 is 1.05 bits per heavy atom. The molecule has 0 heterocycles. The first-order chi connectivity index (χ1) is 9.66. The van der Waals surface area contributed by atoms with Gasteiger partial charge in [-0.05, 0) is 23.3 Å². The molecule has 0 aliphatic carbocycles. The van der Waals surface area contributed by atoms with Crippen molar-refractivity contribution >= 4 is 17.9 Å². The van der Waals surface area contributed by atoms with Crippen molar-refractivity contribution < 1.29 is 34.0 Å². The number of hydrogen-bond donors (Lipinski definition) is 0. The second-order valence-corrected chi connectivity index (χ2v) is 4.14. The summed E-state index contributed by atoms with van der Waals surface area (Å²) in [5.74, 6) is -3.50. The van der Waals surface area contributed by atoms with Crippen LogP contribution in [0.15, 0.2) is 72.3 Å². The summed E-state index contributed by atoms with van der Waals surface area (Å²) in [7, 11) is 0. The quantitative estimate of drug-likeness (QED) is 0.564. The zero-order valence-electron chi connectivity index (χ0n) is 10.9. The molecule has 2 aromatic rings. The van der Waals surface area contributed by atoms with E-state index in [9.17, 15) is 13.6 Å². The summed E-state index contributed by atoms with van der Waals surface area (Å²) >= 11 is 0. The van der Waals surface area contributed by atoms with E-state index in [1.54, 1.807) is 60.7 Å². The van der Waals surface area contributed by atoms with Crippen LogP contribution in [0, 0.1) is 0 Å². The van der Waals surface area contributed by atoms with Gasteiger partial charge in [-0.2, -0.15) is 0 Å². The monoisotopic (exact) mass is 376 g/mol. The Bertz CT molecular complexity index is 592. The average Bonchev–Trinajstić information content (AvgIpc) is 2.48. The zero-order chi connectivity index (χ0) is 14.4. The van der Waals surface area contributed by atoms with E-state index in [0.29, 0.717) is 11.1 Å². The average molecular weight is 377 g/mol. The molecule has 110 valence electrons. The van der Waals surface area contributed by atoms with Gasteiger partial charge in [0.2, 0.25) is 5.78 Å². The summed E-state index contributed by atoms with van der Waals surface area (Å²) < 4.78 is 27.3. The third-order valence-electron chi connectivity index (χ3n) is 2.62. The Morgan fingerprint density at radius 1 is 0.714 bits per heavy atom. The second-order valence-electron chi connectivity index (χ2n) is 4.14. The van der Waals surface area contributed by atoms with E-state index in [1.165, 1.54) is 0 Å². The third-order valence-corrected chi connectivity index (χ3v) is 2.62. The molecule has 4 heteroatoms. The Kier molecular flexibility index (Phi) is 6.87. The Hall–Kier alpha value is -1.89. The number of hydrogen-bond acceptors (Lipinski definition) is 1. The number of benzene rings is 2. The smallest absolute Gasteiger partial charge is 0.249 e. The third kappa shape index (κ3) is 5.19. The summed E-state index contributed by atoms with van der Waals surface area (Å²) in [6.07, 6.45) is 2.03. The van der Waals surface area contributed by atoms with Gasteiger partial charge in [0.25, 0.3) is 0 Å². The molecular formula is C17H12F2OPd. The van der Waals surface area contributed by atoms with Crippen LogP contribution in [-0.2, 0) is 25.2 Å². The van der Waals surface area contributed by atoms with Crippen LogP contribution in [0.25, 0.3) is 12.2 Å². The normalized spacial score (nSPS) is 11.7. The first-order valence-electron chi connectivity index (χ1n) is 6.06. The molecule has 1 nitrogen and oxygen atoms in total. The van der Waals surface area contributed by atoms with Crippen molar-refractivity contribution in [3.05, 3.63) is 83.4 Å². The molecule has 0 aliphatic heterocycles. The minimum Gasteiger partial charge on any atom is -0.283 e. The van der Waals surface area contributed by atoms with Crippen molar-refractivity contribution in [1.29, 1.82) is 0 Å². The van der Waals surface area contributed by atoms with Gasteiger partial charge in [-0.25, -0.2) is 8.78 Å². The summed E-state index contributed by atoms with van der Waals surface area (Å²) in [6.45, 7) is 0. The first-order valence-corrected chi connectivity index (χ1v) is 6.06. The van der Waals surface area contributed by atoms with Crippen molar-refractivity contribution in [2.75, 3.05) is 0 Å². The van der Waals surface area contributed by atoms with Crippen molar-refractivity contribution in [2.24, 2.45) is 0 Å². The second kappa shape index (κ2) is 8.41. The van der Waals surface area contributed by atoms with Crippen LogP contribution in [0.2, 0.25) is 0 Å². The minimum absolute atomic E-state index is 0. The molecule has 0 radical (unpaired) electrons. The van der Waals surface area contributed by atoms with Gasteiger partial charge < -0.3 is 0 Å². The Morgan fingerprint density at radius 3 is 1.38 bits per heavy atom. The largest absolute Gasteiger partial charge is 0.283 e. The molecule has 0 saturated heterocycles. The van der Waals surface area contributed by atoms with E-state index in [2.05, 4.69) is 0 Å². The summed E-state index contributed by atoms with van der Waals surface area (Å²) in [6, 6.07) is 16.9. The fourth-order valence-electron chi connectivity index (χ4n) is 1.64. The van der Waals surface area contributed by atoms with E-state index in [4.69, 9.17) is 0 Å². The number of Topliss-reactive ketones (excluding diaryl/α,β-unsaturated/α-hetero) is 1. The molecule has 0 bridgehead atoms. The van der Waals surface area contributed by atoms with Crippen LogP contribution in [0.4, 0.5) is 8.78 Å². The number of carbonyl (C=O) groups excluding carboxylic acids is 1. The summed E-state index contributed by atoms with van der Waals surface area (Å²) in [4.78, 5) is 11.6. The van der Waals surface area contributed by atoms with Crippen LogP contribution in [0.5, 0.6) is 0 Å². The number of allylic oxidation sites excluding steroid dienone is 2. The first kappa shape index (κ1) is 17.2. The summed E-state index contributed by atoms with van der Waals surface area (Å²) in [5.41, 5.74) is 1.01. The molecule has 0 unspecified atom stereocenters. The number of rotatable bonds is 4. The Labute approximate surface area is 135 Å². The van der Waals surface area contributed by atoms with E-state index >= 15 is 0 Å². The van der Waals surface area contributed by atoms with E-state index in [0.717, 1.165) is 12.2 Å². The predicted molar refractivity (Wildman–Crippen MR) is 76.1 cm³/mol. The molecule has 0 amide bonds. The van der Waals surface area contributed by atoms with Crippen molar-refractivity contribution in [3.63, 3.8) is 0 Å². The zero-order valence-corrected chi connectivity index (χ0v) is 12.5. The standard InChI is InChI=1S/C17H12F2O.Pd/c18-15(11-13-7-3-1-4-8-13)17(20)16(19)12-14-9-5-2-6-10-14;/h1-12H;.